The molecule has 0 spiro atoms. The molecule has 1 aromatic rings. The molecule has 0 fully saturated rings. The molecule has 1 aromatic carbocycles. The van der Waals surface area contributed by atoms with Crippen LogP contribution < -0.4 is 5.32 Å². The number of rotatable bonds is 6. The van der Waals surface area contributed by atoms with Crippen LogP contribution in [0.15, 0.2) is 18.2 Å². The van der Waals surface area contributed by atoms with Crippen molar-refractivity contribution >= 4 is 0 Å². The number of aryl methyl sites for hydroxylation is 1. The summed E-state index contributed by atoms with van der Waals surface area (Å²) in [6.45, 7) is 7.63. The molecule has 2 atom stereocenters. The molecule has 0 saturated heterocycles. The van der Waals surface area contributed by atoms with Crippen LogP contribution in [0.25, 0.3) is 0 Å². The van der Waals surface area contributed by atoms with Crippen molar-refractivity contribution in [1.29, 1.82) is 0 Å². The van der Waals surface area contributed by atoms with Crippen LogP contribution in [-0.2, 0) is 4.74 Å². The van der Waals surface area contributed by atoms with Gasteiger partial charge in [0.2, 0.25) is 0 Å². The minimum absolute atomic E-state index is 0.138. The largest absolute Gasteiger partial charge is 0.383 e. The first-order valence-electron chi connectivity index (χ1n) is 6.04. The van der Waals surface area contributed by atoms with E-state index < -0.39 is 0 Å². The van der Waals surface area contributed by atoms with Crippen LogP contribution in [0.2, 0.25) is 0 Å². The van der Waals surface area contributed by atoms with Crippen LogP contribution in [0.1, 0.15) is 30.9 Å². The van der Waals surface area contributed by atoms with Crippen LogP contribution in [0.5, 0.6) is 0 Å². The van der Waals surface area contributed by atoms with E-state index in [0.717, 1.165) is 6.54 Å². The first-order valence-corrected chi connectivity index (χ1v) is 6.04. The zero-order valence-electron chi connectivity index (χ0n) is 11.1. The van der Waals surface area contributed by atoms with Crippen molar-refractivity contribution in [2.75, 3.05) is 20.3 Å². The van der Waals surface area contributed by atoms with Gasteiger partial charge in [-0.3, -0.25) is 0 Å². The van der Waals surface area contributed by atoms with Crippen molar-refractivity contribution in [3.8, 4) is 0 Å². The average molecular weight is 239 g/mol. The van der Waals surface area contributed by atoms with Gasteiger partial charge in [-0.2, -0.15) is 0 Å². The van der Waals surface area contributed by atoms with E-state index in [4.69, 9.17) is 4.74 Å². The van der Waals surface area contributed by atoms with Crippen molar-refractivity contribution in [2.24, 2.45) is 0 Å². The predicted molar refractivity (Wildman–Crippen MR) is 68.9 cm³/mol. The predicted octanol–water partition coefficient (Wildman–Crippen LogP) is 2.86. The Morgan fingerprint density at radius 1 is 1.35 bits per heavy atom. The summed E-state index contributed by atoms with van der Waals surface area (Å²) in [6.07, 6.45) is 0. The molecule has 0 radical (unpaired) electrons. The normalized spacial score (nSPS) is 14.6. The van der Waals surface area contributed by atoms with Gasteiger partial charge in [-0.05, 0) is 37.0 Å². The molecular formula is C14H22FNO. The Labute approximate surface area is 103 Å². The van der Waals surface area contributed by atoms with Crippen molar-refractivity contribution in [2.45, 2.75) is 32.7 Å². The van der Waals surface area contributed by atoms with Crippen LogP contribution in [0, 0.1) is 12.7 Å². The van der Waals surface area contributed by atoms with Gasteiger partial charge in [-0.25, -0.2) is 4.39 Å². The van der Waals surface area contributed by atoms with Crippen molar-refractivity contribution < 1.29 is 9.13 Å². The standard InChI is InChI=1S/C14H22FNO/c1-10-9-13(5-6-14(10)15)11(2)12(3)16-7-8-17-4/h5-6,9,11-12,16H,7-8H2,1-4H3. The Balaban J connectivity index is 2.61. The molecule has 0 aliphatic rings. The molecule has 96 valence electrons. The second-order valence-electron chi connectivity index (χ2n) is 4.53. The van der Waals surface area contributed by atoms with Crippen LogP contribution >= 0.6 is 0 Å². The highest BCUT2D eigenvalue weighted by atomic mass is 19.1. The van der Waals surface area contributed by atoms with E-state index in [1.54, 1.807) is 20.1 Å². The lowest BCUT2D eigenvalue weighted by Gasteiger charge is -2.22. The average Bonchev–Trinajstić information content (AvgIpc) is 2.32. The first-order chi connectivity index (χ1) is 8.06. The summed E-state index contributed by atoms with van der Waals surface area (Å²) in [5.41, 5.74) is 1.87. The number of hydrogen-bond donors (Lipinski definition) is 1. The molecule has 3 heteroatoms. The zero-order chi connectivity index (χ0) is 12.8. The minimum atomic E-state index is -0.138. The molecule has 0 bridgehead atoms. The molecule has 0 aromatic heterocycles. The van der Waals surface area contributed by atoms with E-state index >= 15 is 0 Å². The van der Waals surface area contributed by atoms with Gasteiger partial charge in [0.15, 0.2) is 0 Å². The Morgan fingerprint density at radius 2 is 2.06 bits per heavy atom. The molecule has 0 heterocycles. The molecule has 2 unspecified atom stereocenters. The van der Waals surface area contributed by atoms with Crippen LogP contribution in [0.4, 0.5) is 4.39 Å². The summed E-state index contributed by atoms with van der Waals surface area (Å²) >= 11 is 0. The molecule has 0 aliphatic heterocycles. The van der Waals surface area contributed by atoms with E-state index in [0.29, 0.717) is 24.1 Å². The molecule has 17 heavy (non-hydrogen) atoms. The summed E-state index contributed by atoms with van der Waals surface area (Å²) in [7, 11) is 1.69. The second kappa shape index (κ2) is 6.72. The van der Waals surface area contributed by atoms with E-state index in [-0.39, 0.29) is 5.82 Å². The summed E-state index contributed by atoms with van der Waals surface area (Å²) in [5.74, 6) is 0.215. The maximum absolute atomic E-state index is 13.2. The molecule has 2 nitrogen and oxygen atoms in total. The number of hydrogen-bond acceptors (Lipinski definition) is 2. The fraction of sp³-hybridized carbons (Fsp3) is 0.571. The fourth-order valence-electron chi connectivity index (χ4n) is 1.81. The van der Waals surface area contributed by atoms with E-state index in [2.05, 4.69) is 19.2 Å². The molecule has 0 saturated carbocycles. The second-order valence-corrected chi connectivity index (χ2v) is 4.53. The number of nitrogens with one attached hydrogen (secondary N) is 1. The molecule has 0 amide bonds. The number of benzene rings is 1. The summed E-state index contributed by atoms with van der Waals surface area (Å²) in [4.78, 5) is 0. The molecule has 1 rings (SSSR count). The van der Waals surface area contributed by atoms with Crippen molar-refractivity contribution in [3.05, 3.63) is 35.1 Å². The van der Waals surface area contributed by atoms with Crippen LogP contribution in [0.3, 0.4) is 0 Å². The van der Waals surface area contributed by atoms with Crippen LogP contribution in [-0.4, -0.2) is 26.3 Å². The first kappa shape index (κ1) is 14.1. The van der Waals surface area contributed by atoms with Crippen molar-refractivity contribution in [1.82, 2.24) is 5.32 Å². The van der Waals surface area contributed by atoms with E-state index in [1.807, 2.05) is 12.1 Å². The Hall–Kier alpha value is -0.930. The fourth-order valence-corrected chi connectivity index (χ4v) is 1.81. The third kappa shape index (κ3) is 4.10. The highest BCUT2D eigenvalue weighted by Gasteiger charge is 2.14. The summed E-state index contributed by atoms with van der Waals surface area (Å²) < 4.78 is 18.2. The van der Waals surface area contributed by atoms with E-state index in [9.17, 15) is 4.39 Å². The van der Waals surface area contributed by atoms with Gasteiger partial charge in [-0.1, -0.05) is 19.1 Å². The van der Waals surface area contributed by atoms with Gasteiger partial charge in [0.25, 0.3) is 0 Å². The van der Waals surface area contributed by atoms with Gasteiger partial charge in [-0.15, -0.1) is 0 Å². The molecular weight excluding hydrogens is 217 g/mol. The number of methoxy groups -OCH3 is 1. The lowest BCUT2D eigenvalue weighted by molar-refractivity contribution is 0.195. The van der Waals surface area contributed by atoms with Crippen molar-refractivity contribution in [3.63, 3.8) is 0 Å². The molecule has 0 aliphatic carbocycles. The lowest BCUT2D eigenvalue weighted by atomic mass is 9.93. The Kier molecular flexibility index (Phi) is 5.59. The van der Waals surface area contributed by atoms with Gasteiger partial charge < -0.3 is 10.1 Å². The zero-order valence-corrected chi connectivity index (χ0v) is 11.1. The quantitative estimate of drug-likeness (QED) is 0.771. The van der Waals surface area contributed by atoms with Gasteiger partial charge in [0, 0.05) is 19.7 Å². The monoisotopic (exact) mass is 239 g/mol. The SMILES string of the molecule is COCCNC(C)C(C)c1ccc(F)c(C)c1. The Bertz CT molecular complexity index is 354. The third-order valence-electron chi connectivity index (χ3n) is 3.23. The summed E-state index contributed by atoms with van der Waals surface area (Å²) in [6, 6.07) is 5.67. The maximum Gasteiger partial charge on any atom is 0.126 e. The highest BCUT2D eigenvalue weighted by Crippen LogP contribution is 2.21. The highest BCUT2D eigenvalue weighted by molar-refractivity contribution is 5.27. The van der Waals surface area contributed by atoms with Gasteiger partial charge in [0.05, 0.1) is 6.61 Å². The van der Waals surface area contributed by atoms with E-state index in [1.165, 1.54) is 5.56 Å². The van der Waals surface area contributed by atoms with Gasteiger partial charge in [0.1, 0.15) is 5.82 Å². The number of halogens is 1. The summed E-state index contributed by atoms with van der Waals surface area (Å²) in [5, 5.41) is 3.40. The molecule has 1 N–H and O–H groups in total. The maximum atomic E-state index is 13.2. The lowest BCUT2D eigenvalue weighted by Crippen LogP contribution is -2.33. The van der Waals surface area contributed by atoms with Gasteiger partial charge >= 0.3 is 0 Å². The number of ether oxygens (including phenoxy) is 1. The Morgan fingerprint density at radius 3 is 2.65 bits per heavy atom. The smallest absolute Gasteiger partial charge is 0.126 e. The minimum Gasteiger partial charge on any atom is -0.383 e. The topological polar surface area (TPSA) is 21.3 Å². The third-order valence-corrected chi connectivity index (χ3v) is 3.23.